The Balaban J connectivity index is 2.42. The third kappa shape index (κ3) is 4.44. The highest BCUT2D eigenvalue weighted by molar-refractivity contribution is 5.93. The summed E-state index contributed by atoms with van der Waals surface area (Å²) in [6, 6.07) is 0.0506. The molecular formula is C11H17NO4. The zero-order valence-electron chi connectivity index (χ0n) is 9.53. The Kier molecular flexibility index (Phi) is 4.06. The fraction of sp³-hybridized carbons (Fsp3) is 0.636. The van der Waals surface area contributed by atoms with Gasteiger partial charge < -0.3 is 15.2 Å². The summed E-state index contributed by atoms with van der Waals surface area (Å²) in [5.74, 6) is -1.49. The van der Waals surface area contributed by atoms with Crippen LogP contribution in [0.1, 0.15) is 26.7 Å². The number of amides is 1. The van der Waals surface area contributed by atoms with Gasteiger partial charge in [-0.25, -0.2) is 4.79 Å². The van der Waals surface area contributed by atoms with E-state index in [4.69, 9.17) is 9.84 Å². The van der Waals surface area contributed by atoms with E-state index < -0.39 is 5.97 Å². The predicted molar refractivity (Wildman–Crippen MR) is 58.0 cm³/mol. The van der Waals surface area contributed by atoms with Crippen molar-refractivity contribution >= 4 is 11.9 Å². The molecule has 0 spiro atoms. The number of carbonyl (C=O) groups is 2. The Bertz CT molecular complexity index is 309. The minimum Gasteiger partial charge on any atom is -0.478 e. The lowest BCUT2D eigenvalue weighted by molar-refractivity contribution is -0.131. The van der Waals surface area contributed by atoms with Crippen molar-refractivity contribution in [2.45, 2.75) is 38.3 Å². The van der Waals surface area contributed by atoms with Gasteiger partial charge >= 0.3 is 5.97 Å². The van der Waals surface area contributed by atoms with Crippen molar-refractivity contribution in [3.63, 3.8) is 0 Å². The van der Waals surface area contributed by atoms with E-state index in [0.717, 1.165) is 25.0 Å². The molecule has 0 aromatic carbocycles. The van der Waals surface area contributed by atoms with E-state index in [1.54, 1.807) is 0 Å². The molecule has 0 aliphatic carbocycles. The van der Waals surface area contributed by atoms with Crippen molar-refractivity contribution in [1.29, 1.82) is 0 Å². The van der Waals surface area contributed by atoms with Gasteiger partial charge in [-0.1, -0.05) is 0 Å². The first-order valence-corrected chi connectivity index (χ1v) is 5.24. The summed E-state index contributed by atoms with van der Waals surface area (Å²) >= 11 is 0. The number of rotatable bonds is 3. The molecule has 0 radical (unpaired) electrons. The van der Waals surface area contributed by atoms with E-state index >= 15 is 0 Å². The lowest BCUT2D eigenvalue weighted by atomic mass is 9.94. The van der Waals surface area contributed by atoms with Crippen molar-refractivity contribution in [2.75, 3.05) is 6.61 Å². The zero-order chi connectivity index (χ0) is 12.2. The highest BCUT2D eigenvalue weighted by Crippen LogP contribution is 2.23. The maximum atomic E-state index is 11.3. The van der Waals surface area contributed by atoms with Crippen LogP contribution in [0, 0.1) is 0 Å². The van der Waals surface area contributed by atoms with Crippen LogP contribution in [0.4, 0.5) is 0 Å². The van der Waals surface area contributed by atoms with Gasteiger partial charge in [0.05, 0.1) is 5.60 Å². The van der Waals surface area contributed by atoms with E-state index in [2.05, 4.69) is 5.32 Å². The standard InChI is InChI=1S/C11H17NO4/c1-11(2)7-8(5-6-16-11)12-9(13)3-4-10(14)15/h3-4,8H,5-7H2,1-2H3,(H,12,13)(H,14,15)/b4-3+. The number of nitrogens with one attached hydrogen (secondary N) is 1. The summed E-state index contributed by atoms with van der Waals surface area (Å²) in [7, 11) is 0. The molecule has 1 fully saturated rings. The smallest absolute Gasteiger partial charge is 0.328 e. The number of ether oxygens (including phenoxy) is 1. The van der Waals surface area contributed by atoms with E-state index in [-0.39, 0.29) is 17.6 Å². The van der Waals surface area contributed by atoms with Gasteiger partial charge in [0, 0.05) is 24.8 Å². The fourth-order valence-electron chi connectivity index (χ4n) is 1.75. The molecule has 1 unspecified atom stereocenters. The molecule has 0 aromatic heterocycles. The van der Waals surface area contributed by atoms with Crippen LogP contribution >= 0.6 is 0 Å². The number of carboxylic acid groups (broad SMARTS) is 1. The summed E-state index contributed by atoms with van der Waals surface area (Å²) in [4.78, 5) is 21.5. The molecule has 1 saturated heterocycles. The Morgan fingerprint density at radius 1 is 1.44 bits per heavy atom. The van der Waals surface area contributed by atoms with Crippen LogP contribution in [0.2, 0.25) is 0 Å². The van der Waals surface area contributed by atoms with Gasteiger partial charge in [0.2, 0.25) is 5.91 Å². The average Bonchev–Trinajstić information content (AvgIpc) is 2.13. The van der Waals surface area contributed by atoms with Crippen molar-refractivity contribution in [1.82, 2.24) is 5.32 Å². The average molecular weight is 227 g/mol. The van der Waals surface area contributed by atoms with Crippen LogP contribution in [0.3, 0.4) is 0 Å². The van der Waals surface area contributed by atoms with Crippen LogP contribution in [-0.4, -0.2) is 35.2 Å². The van der Waals surface area contributed by atoms with Gasteiger partial charge in [0.15, 0.2) is 0 Å². The van der Waals surface area contributed by atoms with Crippen molar-refractivity contribution in [2.24, 2.45) is 0 Å². The Labute approximate surface area is 94.5 Å². The number of hydrogen-bond acceptors (Lipinski definition) is 3. The lowest BCUT2D eigenvalue weighted by Gasteiger charge is -2.35. The molecule has 5 heteroatoms. The molecule has 1 atom stereocenters. The molecule has 1 heterocycles. The topological polar surface area (TPSA) is 75.6 Å². The molecule has 1 aliphatic rings. The monoisotopic (exact) mass is 227 g/mol. The second kappa shape index (κ2) is 5.12. The molecule has 1 aliphatic heterocycles. The first-order valence-electron chi connectivity index (χ1n) is 5.24. The number of hydrogen-bond donors (Lipinski definition) is 2. The number of carboxylic acids is 1. The van der Waals surface area contributed by atoms with Crippen LogP contribution in [0.15, 0.2) is 12.2 Å². The van der Waals surface area contributed by atoms with Crippen molar-refractivity contribution in [3.05, 3.63) is 12.2 Å². The highest BCUT2D eigenvalue weighted by atomic mass is 16.5. The molecule has 1 rings (SSSR count). The van der Waals surface area contributed by atoms with Crippen molar-refractivity contribution in [3.8, 4) is 0 Å². The minimum atomic E-state index is -1.12. The third-order valence-electron chi connectivity index (χ3n) is 2.42. The zero-order valence-corrected chi connectivity index (χ0v) is 9.53. The Morgan fingerprint density at radius 2 is 2.12 bits per heavy atom. The second-order valence-electron chi connectivity index (χ2n) is 4.48. The quantitative estimate of drug-likeness (QED) is 0.696. The minimum absolute atomic E-state index is 0.0506. The molecular weight excluding hydrogens is 210 g/mol. The molecule has 0 saturated carbocycles. The van der Waals surface area contributed by atoms with Crippen molar-refractivity contribution < 1.29 is 19.4 Å². The summed E-state index contributed by atoms with van der Waals surface area (Å²) in [6.07, 6.45) is 3.36. The van der Waals surface area contributed by atoms with E-state index in [0.29, 0.717) is 6.61 Å². The molecule has 0 bridgehead atoms. The third-order valence-corrected chi connectivity index (χ3v) is 2.42. The van der Waals surface area contributed by atoms with Gasteiger partial charge in [0.1, 0.15) is 0 Å². The van der Waals surface area contributed by atoms with E-state index in [1.807, 2.05) is 13.8 Å². The summed E-state index contributed by atoms with van der Waals surface area (Å²) in [5, 5.41) is 11.1. The predicted octanol–water partition coefficient (Wildman–Crippen LogP) is 0.701. The molecule has 1 amide bonds. The van der Waals surface area contributed by atoms with E-state index in [1.165, 1.54) is 0 Å². The van der Waals surface area contributed by atoms with Crippen LogP contribution < -0.4 is 5.32 Å². The molecule has 90 valence electrons. The van der Waals surface area contributed by atoms with Gasteiger partial charge in [-0.15, -0.1) is 0 Å². The van der Waals surface area contributed by atoms with Crippen LogP contribution in [-0.2, 0) is 14.3 Å². The van der Waals surface area contributed by atoms with E-state index in [9.17, 15) is 9.59 Å². The molecule has 0 aromatic rings. The normalized spacial score (nSPS) is 24.2. The molecule has 16 heavy (non-hydrogen) atoms. The highest BCUT2D eigenvalue weighted by Gasteiger charge is 2.29. The lowest BCUT2D eigenvalue weighted by Crippen LogP contribution is -2.45. The van der Waals surface area contributed by atoms with Gasteiger partial charge in [-0.05, 0) is 26.7 Å². The SMILES string of the molecule is CC1(C)CC(NC(=O)/C=C/C(=O)O)CCO1. The maximum absolute atomic E-state index is 11.3. The number of aliphatic carboxylic acids is 1. The summed E-state index contributed by atoms with van der Waals surface area (Å²) in [5.41, 5.74) is -0.229. The second-order valence-corrected chi connectivity index (χ2v) is 4.48. The summed E-state index contributed by atoms with van der Waals surface area (Å²) in [6.45, 7) is 4.55. The number of carbonyl (C=O) groups excluding carboxylic acids is 1. The van der Waals surface area contributed by atoms with Gasteiger partial charge in [0.25, 0.3) is 0 Å². The summed E-state index contributed by atoms with van der Waals surface area (Å²) < 4.78 is 5.51. The van der Waals surface area contributed by atoms with Gasteiger partial charge in [-0.2, -0.15) is 0 Å². The largest absolute Gasteiger partial charge is 0.478 e. The Hall–Kier alpha value is -1.36. The first kappa shape index (κ1) is 12.7. The van der Waals surface area contributed by atoms with Crippen LogP contribution in [0.25, 0.3) is 0 Å². The maximum Gasteiger partial charge on any atom is 0.328 e. The first-order chi connectivity index (χ1) is 7.39. The van der Waals surface area contributed by atoms with Gasteiger partial charge in [-0.3, -0.25) is 4.79 Å². The Morgan fingerprint density at radius 3 is 2.69 bits per heavy atom. The van der Waals surface area contributed by atoms with Crippen LogP contribution in [0.5, 0.6) is 0 Å². The molecule has 2 N–H and O–H groups in total. The fourth-order valence-corrected chi connectivity index (χ4v) is 1.75. The molecule has 5 nitrogen and oxygen atoms in total.